The van der Waals surface area contributed by atoms with Gasteiger partial charge in [0, 0.05) is 17.8 Å². The molecule has 17 heavy (non-hydrogen) atoms. The normalized spacial score (nSPS) is 10.2. The van der Waals surface area contributed by atoms with E-state index in [0.29, 0.717) is 12.1 Å². The third-order valence-electron chi connectivity index (χ3n) is 2.24. The topological polar surface area (TPSA) is 55.1 Å². The maximum atomic E-state index is 11.6. The van der Waals surface area contributed by atoms with Gasteiger partial charge in [0.1, 0.15) is 0 Å². The molecule has 1 aromatic carbocycles. The van der Waals surface area contributed by atoms with Gasteiger partial charge >= 0.3 is 0 Å². The van der Waals surface area contributed by atoms with Gasteiger partial charge < -0.3 is 11.1 Å². The summed E-state index contributed by atoms with van der Waals surface area (Å²) in [6.07, 6.45) is 2.72. The van der Waals surface area contributed by atoms with Crippen LogP contribution < -0.4 is 11.1 Å². The van der Waals surface area contributed by atoms with Crippen LogP contribution in [0.4, 0.5) is 11.4 Å². The van der Waals surface area contributed by atoms with Gasteiger partial charge in [-0.1, -0.05) is 6.92 Å². The maximum Gasteiger partial charge on any atom is 0.224 e. The van der Waals surface area contributed by atoms with Gasteiger partial charge in [0.25, 0.3) is 0 Å². The van der Waals surface area contributed by atoms with Crippen molar-refractivity contribution in [2.75, 3.05) is 22.6 Å². The van der Waals surface area contributed by atoms with Gasteiger partial charge in [-0.2, -0.15) is 11.8 Å². The number of thioether (sulfide) groups is 1. The van der Waals surface area contributed by atoms with E-state index in [2.05, 4.69) is 12.2 Å². The van der Waals surface area contributed by atoms with Crippen LogP contribution in [0.25, 0.3) is 0 Å². The van der Waals surface area contributed by atoms with E-state index in [9.17, 15) is 4.79 Å². The van der Waals surface area contributed by atoms with Crippen LogP contribution in [-0.4, -0.2) is 17.4 Å². The molecular formula is C13H20N2OS. The molecule has 0 unspecified atom stereocenters. The molecule has 3 nitrogen and oxygen atoms in total. The van der Waals surface area contributed by atoms with E-state index in [0.717, 1.165) is 17.9 Å². The molecule has 0 heterocycles. The fourth-order valence-corrected chi connectivity index (χ4v) is 2.21. The first kappa shape index (κ1) is 13.9. The van der Waals surface area contributed by atoms with Crippen molar-refractivity contribution in [1.82, 2.24) is 0 Å². The number of anilines is 2. The minimum atomic E-state index is 0.0758. The summed E-state index contributed by atoms with van der Waals surface area (Å²) in [5.74, 6) is 2.31. The van der Waals surface area contributed by atoms with Gasteiger partial charge in [0.05, 0.1) is 0 Å². The Balaban J connectivity index is 2.18. The minimum Gasteiger partial charge on any atom is -0.399 e. The van der Waals surface area contributed by atoms with Gasteiger partial charge in [-0.05, 0) is 48.6 Å². The van der Waals surface area contributed by atoms with Crippen molar-refractivity contribution in [2.24, 2.45) is 0 Å². The van der Waals surface area contributed by atoms with Crippen molar-refractivity contribution >= 4 is 29.0 Å². The zero-order valence-corrected chi connectivity index (χ0v) is 11.1. The van der Waals surface area contributed by atoms with Crippen molar-refractivity contribution in [1.29, 1.82) is 0 Å². The highest BCUT2D eigenvalue weighted by atomic mass is 32.2. The highest BCUT2D eigenvalue weighted by molar-refractivity contribution is 7.99. The van der Waals surface area contributed by atoms with E-state index in [1.165, 1.54) is 12.2 Å². The van der Waals surface area contributed by atoms with Crippen LogP contribution in [0.15, 0.2) is 24.3 Å². The van der Waals surface area contributed by atoms with E-state index in [-0.39, 0.29) is 5.91 Å². The summed E-state index contributed by atoms with van der Waals surface area (Å²) in [5.41, 5.74) is 7.09. The standard InChI is InChI=1S/C13H20N2OS/c1-2-9-17-10-3-4-13(16)15-12-7-5-11(14)6-8-12/h5-8H,2-4,9-10,14H2,1H3,(H,15,16). The second-order valence-electron chi connectivity index (χ2n) is 3.89. The number of hydrogen-bond donors (Lipinski definition) is 2. The Labute approximate surface area is 107 Å². The SMILES string of the molecule is CCCSCCCC(=O)Nc1ccc(N)cc1. The molecule has 0 aliphatic heterocycles. The Morgan fingerprint density at radius 3 is 2.65 bits per heavy atom. The van der Waals surface area contributed by atoms with Gasteiger partial charge in [0.15, 0.2) is 0 Å². The van der Waals surface area contributed by atoms with Crippen molar-refractivity contribution in [3.63, 3.8) is 0 Å². The lowest BCUT2D eigenvalue weighted by molar-refractivity contribution is -0.116. The Kier molecular flexibility index (Phi) is 6.55. The van der Waals surface area contributed by atoms with E-state index in [4.69, 9.17) is 5.73 Å². The first-order valence-electron chi connectivity index (χ1n) is 5.95. The molecule has 0 spiro atoms. The summed E-state index contributed by atoms with van der Waals surface area (Å²) in [6.45, 7) is 2.17. The third-order valence-corrected chi connectivity index (χ3v) is 3.51. The lowest BCUT2D eigenvalue weighted by atomic mass is 10.2. The van der Waals surface area contributed by atoms with Gasteiger partial charge in [-0.25, -0.2) is 0 Å². The van der Waals surface area contributed by atoms with Gasteiger partial charge in [-0.3, -0.25) is 4.79 Å². The summed E-state index contributed by atoms with van der Waals surface area (Å²) < 4.78 is 0. The molecule has 0 radical (unpaired) electrons. The van der Waals surface area contributed by atoms with E-state index in [1.807, 2.05) is 23.9 Å². The number of nitrogen functional groups attached to an aromatic ring is 1. The van der Waals surface area contributed by atoms with Crippen LogP contribution in [0.3, 0.4) is 0 Å². The number of carbonyl (C=O) groups is 1. The van der Waals surface area contributed by atoms with Crippen molar-refractivity contribution < 1.29 is 4.79 Å². The van der Waals surface area contributed by atoms with Crippen molar-refractivity contribution in [2.45, 2.75) is 26.2 Å². The molecule has 0 atom stereocenters. The third kappa shape index (κ3) is 6.22. The zero-order valence-electron chi connectivity index (χ0n) is 10.2. The van der Waals surface area contributed by atoms with Crippen LogP contribution in [-0.2, 0) is 4.79 Å². The molecule has 0 saturated heterocycles. The fraction of sp³-hybridized carbons (Fsp3) is 0.462. The van der Waals surface area contributed by atoms with Gasteiger partial charge in [0.2, 0.25) is 5.91 Å². The molecule has 0 fully saturated rings. The van der Waals surface area contributed by atoms with Crippen LogP contribution in [0.1, 0.15) is 26.2 Å². The van der Waals surface area contributed by atoms with E-state index in [1.54, 1.807) is 12.1 Å². The molecule has 4 heteroatoms. The molecule has 1 amide bonds. The molecule has 0 aliphatic rings. The summed E-state index contributed by atoms with van der Waals surface area (Å²) in [7, 11) is 0. The average molecular weight is 252 g/mol. The Morgan fingerprint density at radius 2 is 2.00 bits per heavy atom. The molecule has 1 rings (SSSR count). The molecule has 1 aromatic rings. The van der Waals surface area contributed by atoms with Crippen molar-refractivity contribution in [3.05, 3.63) is 24.3 Å². The summed E-state index contributed by atoms with van der Waals surface area (Å²) in [5, 5.41) is 2.86. The molecule has 3 N–H and O–H groups in total. The first-order chi connectivity index (χ1) is 8.22. The number of benzene rings is 1. The second kappa shape index (κ2) is 8.01. The Morgan fingerprint density at radius 1 is 1.29 bits per heavy atom. The monoisotopic (exact) mass is 252 g/mol. The van der Waals surface area contributed by atoms with Crippen LogP contribution in [0.2, 0.25) is 0 Å². The number of nitrogens with one attached hydrogen (secondary N) is 1. The van der Waals surface area contributed by atoms with Crippen LogP contribution in [0.5, 0.6) is 0 Å². The molecule has 0 aliphatic carbocycles. The first-order valence-corrected chi connectivity index (χ1v) is 7.11. The van der Waals surface area contributed by atoms with Crippen LogP contribution >= 0.6 is 11.8 Å². The smallest absolute Gasteiger partial charge is 0.224 e. The highest BCUT2D eigenvalue weighted by Crippen LogP contribution is 2.12. The number of rotatable bonds is 7. The minimum absolute atomic E-state index is 0.0758. The molecular weight excluding hydrogens is 232 g/mol. The van der Waals surface area contributed by atoms with Crippen molar-refractivity contribution in [3.8, 4) is 0 Å². The molecule has 0 aromatic heterocycles. The summed E-state index contributed by atoms with van der Waals surface area (Å²) in [6, 6.07) is 7.21. The maximum absolute atomic E-state index is 11.6. The van der Waals surface area contributed by atoms with E-state index < -0.39 is 0 Å². The molecule has 94 valence electrons. The lowest BCUT2D eigenvalue weighted by Crippen LogP contribution is -2.11. The number of hydrogen-bond acceptors (Lipinski definition) is 3. The Bertz CT molecular complexity index is 338. The predicted molar refractivity (Wildman–Crippen MR) is 76.3 cm³/mol. The number of carbonyl (C=O) groups excluding carboxylic acids is 1. The molecule has 0 saturated carbocycles. The van der Waals surface area contributed by atoms with E-state index >= 15 is 0 Å². The quantitative estimate of drug-likeness (QED) is 0.579. The molecule has 0 bridgehead atoms. The number of amides is 1. The van der Waals surface area contributed by atoms with Crippen LogP contribution in [0, 0.1) is 0 Å². The summed E-state index contributed by atoms with van der Waals surface area (Å²) >= 11 is 1.91. The largest absolute Gasteiger partial charge is 0.399 e. The second-order valence-corrected chi connectivity index (χ2v) is 5.11. The summed E-state index contributed by atoms with van der Waals surface area (Å²) in [4.78, 5) is 11.6. The number of nitrogens with two attached hydrogens (primary N) is 1. The average Bonchev–Trinajstić information content (AvgIpc) is 2.32. The van der Waals surface area contributed by atoms with Gasteiger partial charge in [-0.15, -0.1) is 0 Å². The highest BCUT2D eigenvalue weighted by Gasteiger charge is 2.01. The Hall–Kier alpha value is -1.16. The fourth-order valence-electron chi connectivity index (χ4n) is 1.37. The lowest BCUT2D eigenvalue weighted by Gasteiger charge is -2.05. The zero-order chi connectivity index (χ0) is 12.5. The predicted octanol–water partition coefficient (Wildman–Crippen LogP) is 3.13.